The molecular formula is C30H40N4O5. The first-order valence-corrected chi connectivity index (χ1v) is 13.4. The van der Waals surface area contributed by atoms with E-state index in [-0.39, 0.29) is 24.8 Å². The van der Waals surface area contributed by atoms with Crippen molar-refractivity contribution in [2.75, 3.05) is 18.4 Å². The van der Waals surface area contributed by atoms with Crippen molar-refractivity contribution in [3.8, 4) is 11.3 Å². The summed E-state index contributed by atoms with van der Waals surface area (Å²) in [6.45, 7) is 7.73. The highest BCUT2D eigenvalue weighted by Crippen LogP contribution is 2.24. The molecule has 2 heterocycles. The summed E-state index contributed by atoms with van der Waals surface area (Å²) >= 11 is 0. The first-order chi connectivity index (χ1) is 18.7. The van der Waals surface area contributed by atoms with Crippen molar-refractivity contribution in [1.29, 1.82) is 0 Å². The highest BCUT2D eigenvalue weighted by Gasteiger charge is 2.14. The van der Waals surface area contributed by atoms with Crippen LogP contribution in [-0.4, -0.2) is 47.0 Å². The van der Waals surface area contributed by atoms with E-state index in [0.29, 0.717) is 22.7 Å². The van der Waals surface area contributed by atoms with E-state index in [9.17, 15) is 14.4 Å². The molecule has 210 valence electrons. The Bertz CT molecular complexity index is 1180. The molecule has 0 saturated heterocycles. The molecule has 0 aliphatic heterocycles. The lowest BCUT2D eigenvalue weighted by molar-refractivity contribution is -0.120. The number of nitrogens with zero attached hydrogens (tertiary/aromatic N) is 1. The van der Waals surface area contributed by atoms with Gasteiger partial charge in [0, 0.05) is 23.5 Å². The lowest BCUT2D eigenvalue weighted by atomic mass is 10.1. The number of aliphatic hydroxyl groups excluding tert-OH is 1. The van der Waals surface area contributed by atoms with Gasteiger partial charge in [0.25, 0.3) is 11.8 Å². The normalized spacial score (nSPS) is 11.1. The third-order valence-corrected chi connectivity index (χ3v) is 5.59. The second-order valence-electron chi connectivity index (χ2n) is 9.26. The number of anilines is 1. The standard InChI is InChI=1S/C23H24N4O5.C7H16/c1-14-4-3-5-18(26-14)22(30)27-17-8-6-16(7-9-17)19-10-11-20(32-19)23(31)25-13-21(29)24-12-15(2)28;1-3-5-7-6-4-2/h3-11,15,28H,12-13H2,1-2H3,(H,24,29)(H,25,31)(H,27,30);3-7H2,1-2H3. The van der Waals surface area contributed by atoms with Gasteiger partial charge in [0.1, 0.15) is 11.5 Å². The molecule has 0 bridgehead atoms. The Morgan fingerprint density at radius 1 is 0.897 bits per heavy atom. The summed E-state index contributed by atoms with van der Waals surface area (Å²) in [4.78, 5) is 40.3. The minimum absolute atomic E-state index is 0.0613. The topological polar surface area (TPSA) is 134 Å². The number of nitrogens with one attached hydrogen (secondary N) is 3. The van der Waals surface area contributed by atoms with Crippen LogP contribution in [-0.2, 0) is 4.79 Å². The maximum absolute atomic E-state index is 12.3. The van der Waals surface area contributed by atoms with Crippen molar-refractivity contribution in [3.05, 3.63) is 71.7 Å². The van der Waals surface area contributed by atoms with Crippen LogP contribution in [0.5, 0.6) is 0 Å². The maximum Gasteiger partial charge on any atom is 0.287 e. The summed E-state index contributed by atoms with van der Waals surface area (Å²) < 4.78 is 5.58. The molecule has 0 saturated carbocycles. The van der Waals surface area contributed by atoms with Gasteiger partial charge < -0.3 is 25.5 Å². The molecule has 3 amide bonds. The van der Waals surface area contributed by atoms with Crippen molar-refractivity contribution >= 4 is 23.4 Å². The molecule has 0 spiro atoms. The summed E-state index contributed by atoms with van der Waals surface area (Å²) in [5.74, 6) is -0.725. The molecule has 9 nitrogen and oxygen atoms in total. The fourth-order valence-electron chi connectivity index (χ4n) is 3.45. The van der Waals surface area contributed by atoms with Crippen LogP contribution >= 0.6 is 0 Å². The van der Waals surface area contributed by atoms with E-state index in [1.54, 1.807) is 49.4 Å². The number of unbranched alkanes of at least 4 members (excludes halogenated alkanes) is 4. The lowest BCUT2D eigenvalue weighted by Gasteiger charge is -2.07. The molecule has 0 aliphatic rings. The molecule has 0 radical (unpaired) electrons. The molecule has 1 atom stereocenters. The Labute approximate surface area is 230 Å². The fraction of sp³-hybridized carbons (Fsp3) is 0.400. The Morgan fingerprint density at radius 3 is 2.21 bits per heavy atom. The lowest BCUT2D eigenvalue weighted by Crippen LogP contribution is -2.39. The average molecular weight is 537 g/mol. The molecule has 0 aliphatic carbocycles. The third-order valence-electron chi connectivity index (χ3n) is 5.59. The van der Waals surface area contributed by atoms with Crippen molar-refractivity contribution in [1.82, 2.24) is 15.6 Å². The molecule has 0 fully saturated rings. The quantitative estimate of drug-likeness (QED) is 0.238. The van der Waals surface area contributed by atoms with Gasteiger partial charge in [-0.15, -0.1) is 0 Å². The summed E-state index contributed by atoms with van der Waals surface area (Å²) in [5.41, 5.74) is 2.39. The smallest absolute Gasteiger partial charge is 0.287 e. The number of benzene rings is 1. The fourth-order valence-corrected chi connectivity index (χ4v) is 3.45. The van der Waals surface area contributed by atoms with E-state index in [2.05, 4.69) is 34.8 Å². The van der Waals surface area contributed by atoms with Crippen LogP contribution in [0.4, 0.5) is 5.69 Å². The molecule has 1 aromatic carbocycles. The Kier molecular flexibility index (Phi) is 13.4. The number of hydrogen-bond acceptors (Lipinski definition) is 6. The Morgan fingerprint density at radius 2 is 1.59 bits per heavy atom. The molecule has 1 unspecified atom stereocenters. The number of aromatic nitrogens is 1. The monoisotopic (exact) mass is 536 g/mol. The number of amides is 3. The second-order valence-corrected chi connectivity index (χ2v) is 9.26. The van der Waals surface area contributed by atoms with Crippen LogP contribution in [0.3, 0.4) is 0 Å². The number of furan rings is 1. The van der Waals surface area contributed by atoms with Crippen molar-refractivity contribution in [2.24, 2.45) is 0 Å². The van der Waals surface area contributed by atoms with Crippen molar-refractivity contribution in [3.63, 3.8) is 0 Å². The van der Waals surface area contributed by atoms with Gasteiger partial charge in [-0.25, -0.2) is 4.98 Å². The maximum atomic E-state index is 12.3. The predicted octanol–water partition coefficient (Wildman–Crippen LogP) is 5.11. The van der Waals surface area contributed by atoms with Crippen LogP contribution in [0.2, 0.25) is 0 Å². The van der Waals surface area contributed by atoms with Crippen LogP contribution < -0.4 is 16.0 Å². The number of hydrogen-bond donors (Lipinski definition) is 4. The van der Waals surface area contributed by atoms with Gasteiger partial charge in [-0.05, 0) is 62.4 Å². The predicted molar refractivity (Wildman–Crippen MR) is 153 cm³/mol. The number of carbonyl (C=O) groups excluding carboxylic acids is 3. The van der Waals surface area contributed by atoms with E-state index >= 15 is 0 Å². The van der Waals surface area contributed by atoms with Gasteiger partial charge in [0.05, 0.1) is 12.6 Å². The zero-order valence-electron chi connectivity index (χ0n) is 23.3. The van der Waals surface area contributed by atoms with Crippen LogP contribution in [0, 0.1) is 6.92 Å². The summed E-state index contributed by atoms with van der Waals surface area (Å²) in [6, 6.07) is 15.3. The van der Waals surface area contributed by atoms with Gasteiger partial charge in [-0.2, -0.15) is 0 Å². The van der Waals surface area contributed by atoms with Gasteiger partial charge in [-0.3, -0.25) is 14.4 Å². The number of aryl methyl sites for hydroxylation is 1. The molecule has 39 heavy (non-hydrogen) atoms. The molecule has 2 aromatic heterocycles. The molecule has 4 N–H and O–H groups in total. The van der Waals surface area contributed by atoms with Gasteiger partial charge in [0.2, 0.25) is 5.91 Å². The third kappa shape index (κ3) is 11.5. The number of pyridine rings is 1. The van der Waals surface area contributed by atoms with Gasteiger partial charge >= 0.3 is 0 Å². The van der Waals surface area contributed by atoms with Crippen LogP contribution in [0.25, 0.3) is 11.3 Å². The first kappa shape index (κ1) is 31.2. The zero-order valence-corrected chi connectivity index (χ0v) is 23.3. The minimum atomic E-state index is -0.666. The minimum Gasteiger partial charge on any atom is -0.451 e. The molecule has 3 aromatic rings. The van der Waals surface area contributed by atoms with Crippen LogP contribution in [0.1, 0.15) is 79.6 Å². The molecular weight excluding hydrogens is 496 g/mol. The Hall–Kier alpha value is -3.98. The van der Waals surface area contributed by atoms with Crippen molar-refractivity contribution in [2.45, 2.75) is 65.9 Å². The number of aliphatic hydroxyl groups is 1. The zero-order chi connectivity index (χ0) is 28.6. The molecule has 9 heteroatoms. The van der Waals surface area contributed by atoms with Gasteiger partial charge in [0.15, 0.2) is 5.76 Å². The Balaban J connectivity index is 0.000000673. The average Bonchev–Trinajstić information content (AvgIpc) is 3.42. The number of rotatable bonds is 12. The van der Waals surface area contributed by atoms with E-state index in [1.807, 2.05) is 13.0 Å². The first-order valence-electron chi connectivity index (χ1n) is 13.4. The highest BCUT2D eigenvalue weighted by molar-refractivity contribution is 6.03. The second kappa shape index (κ2) is 16.8. The van der Waals surface area contributed by atoms with Crippen molar-refractivity contribution < 1.29 is 23.9 Å². The van der Waals surface area contributed by atoms with E-state index < -0.39 is 17.9 Å². The van der Waals surface area contributed by atoms with E-state index in [4.69, 9.17) is 9.52 Å². The SMILES string of the molecule is CCCCCCC.Cc1cccc(C(=O)Nc2ccc(-c3ccc(C(=O)NCC(=O)NCC(C)O)o3)cc2)n1. The summed E-state index contributed by atoms with van der Waals surface area (Å²) in [7, 11) is 0. The highest BCUT2D eigenvalue weighted by atomic mass is 16.4. The van der Waals surface area contributed by atoms with E-state index in [1.165, 1.54) is 38.2 Å². The van der Waals surface area contributed by atoms with Gasteiger partial charge in [-0.1, -0.05) is 52.0 Å². The molecule has 3 rings (SSSR count). The largest absolute Gasteiger partial charge is 0.451 e. The summed E-state index contributed by atoms with van der Waals surface area (Å²) in [5, 5.41) is 16.9. The van der Waals surface area contributed by atoms with Crippen LogP contribution in [0.15, 0.2) is 59.0 Å². The number of carbonyl (C=O) groups is 3. The summed E-state index contributed by atoms with van der Waals surface area (Å²) in [6.07, 6.45) is 6.34. The van der Waals surface area contributed by atoms with E-state index in [0.717, 1.165) is 5.69 Å².